The number of rotatable bonds is 6. The minimum Gasteiger partial charge on any atom is -0.480 e. The van der Waals surface area contributed by atoms with Gasteiger partial charge in [0, 0.05) is 12.2 Å². The van der Waals surface area contributed by atoms with Gasteiger partial charge in [0.1, 0.15) is 5.54 Å². The topological polar surface area (TPSA) is 67.1 Å². The van der Waals surface area contributed by atoms with Gasteiger partial charge in [0.2, 0.25) is 0 Å². The van der Waals surface area contributed by atoms with Crippen LogP contribution in [0.3, 0.4) is 0 Å². The summed E-state index contributed by atoms with van der Waals surface area (Å²) in [6.07, 6.45) is 7.31. The molecule has 1 unspecified atom stereocenters. The average molecular weight is 270 g/mol. The molecular weight excluding hydrogens is 254 g/mol. The van der Waals surface area contributed by atoms with E-state index in [4.69, 9.17) is 11.6 Å². The van der Waals surface area contributed by atoms with Crippen LogP contribution in [0, 0.1) is 5.92 Å². The molecule has 6 heteroatoms. The van der Waals surface area contributed by atoms with Crippen LogP contribution in [0.15, 0.2) is 12.4 Å². The zero-order valence-electron chi connectivity index (χ0n) is 9.97. The highest BCUT2D eigenvalue weighted by Crippen LogP contribution is 2.42. The lowest BCUT2D eigenvalue weighted by Crippen LogP contribution is -2.57. The minimum atomic E-state index is -0.878. The maximum absolute atomic E-state index is 11.7. The van der Waals surface area contributed by atoms with Crippen LogP contribution in [0.4, 0.5) is 0 Å². The normalized spacial score (nSPS) is 22.7. The van der Waals surface area contributed by atoms with Crippen LogP contribution in [0.25, 0.3) is 0 Å². The van der Waals surface area contributed by atoms with Crippen LogP contribution in [0.2, 0.25) is 5.02 Å². The largest absolute Gasteiger partial charge is 0.480 e. The number of hydrogen-bond donors (Lipinski definition) is 2. The van der Waals surface area contributed by atoms with E-state index in [0.29, 0.717) is 17.6 Å². The fourth-order valence-corrected chi connectivity index (χ4v) is 2.60. The number of nitrogens with one attached hydrogen (secondary N) is 1. The van der Waals surface area contributed by atoms with Gasteiger partial charge in [-0.2, -0.15) is 5.10 Å². The Morgan fingerprint density at radius 1 is 1.56 bits per heavy atom. The van der Waals surface area contributed by atoms with Crippen LogP contribution in [0.1, 0.15) is 25.7 Å². The molecule has 1 aromatic rings. The summed E-state index contributed by atoms with van der Waals surface area (Å²) < 4.78 is 1.63. The molecule has 2 fully saturated rings. The maximum Gasteiger partial charge on any atom is 0.326 e. The smallest absolute Gasteiger partial charge is 0.326 e. The van der Waals surface area contributed by atoms with E-state index in [2.05, 4.69) is 10.4 Å². The molecule has 2 aliphatic rings. The second kappa shape index (κ2) is 4.24. The van der Waals surface area contributed by atoms with Gasteiger partial charge in [-0.1, -0.05) is 11.6 Å². The second-order valence-corrected chi connectivity index (χ2v) is 5.76. The Hall–Kier alpha value is -1.07. The summed E-state index contributed by atoms with van der Waals surface area (Å²) in [6.45, 7) is 0.343. The van der Waals surface area contributed by atoms with Gasteiger partial charge in [-0.25, -0.2) is 0 Å². The second-order valence-electron chi connectivity index (χ2n) is 5.33. The number of nitrogens with zero attached hydrogens (tertiary/aromatic N) is 2. The predicted octanol–water partition coefficient (Wildman–Crippen LogP) is 1.52. The lowest BCUT2D eigenvalue weighted by molar-refractivity contribution is -0.147. The van der Waals surface area contributed by atoms with Crippen LogP contribution >= 0.6 is 11.6 Å². The number of hydrogen-bond acceptors (Lipinski definition) is 3. The Kier molecular flexibility index (Phi) is 2.83. The first-order valence-corrected chi connectivity index (χ1v) is 6.67. The van der Waals surface area contributed by atoms with Crippen molar-refractivity contribution < 1.29 is 9.90 Å². The summed E-state index contributed by atoms with van der Waals surface area (Å²) in [5.41, 5.74) is -0.878. The first-order valence-electron chi connectivity index (χ1n) is 6.29. The molecule has 0 radical (unpaired) electrons. The molecule has 0 aliphatic heterocycles. The third-order valence-corrected chi connectivity index (χ3v) is 3.90. The molecule has 3 rings (SSSR count). The van der Waals surface area contributed by atoms with Crippen molar-refractivity contribution in [2.75, 3.05) is 0 Å². The van der Waals surface area contributed by atoms with Gasteiger partial charge in [0.15, 0.2) is 0 Å². The molecule has 2 aliphatic carbocycles. The fraction of sp³-hybridized carbons (Fsp3) is 0.667. The molecule has 2 N–H and O–H groups in total. The SMILES string of the molecule is O=C(O)C(Cn1cc(Cl)cn1)(NC1CC1)C1CC1. The molecule has 5 nitrogen and oxygen atoms in total. The Balaban J connectivity index is 1.84. The molecule has 0 aromatic carbocycles. The molecule has 1 heterocycles. The van der Waals surface area contributed by atoms with Gasteiger partial charge in [-0.15, -0.1) is 0 Å². The number of aromatic nitrogens is 2. The number of carboxylic acids is 1. The van der Waals surface area contributed by atoms with Gasteiger partial charge >= 0.3 is 5.97 Å². The molecule has 0 saturated heterocycles. The van der Waals surface area contributed by atoms with Crippen LogP contribution in [-0.2, 0) is 11.3 Å². The van der Waals surface area contributed by atoms with Crippen molar-refractivity contribution in [2.24, 2.45) is 5.92 Å². The summed E-state index contributed by atoms with van der Waals surface area (Å²) in [7, 11) is 0. The Labute approximate surface area is 110 Å². The highest BCUT2D eigenvalue weighted by molar-refractivity contribution is 6.30. The zero-order valence-corrected chi connectivity index (χ0v) is 10.7. The van der Waals surface area contributed by atoms with Gasteiger partial charge < -0.3 is 5.11 Å². The van der Waals surface area contributed by atoms with E-state index in [1.54, 1.807) is 10.9 Å². The minimum absolute atomic E-state index is 0.207. The highest BCUT2D eigenvalue weighted by Gasteiger charge is 2.53. The number of aliphatic carboxylic acids is 1. The summed E-state index contributed by atoms with van der Waals surface area (Å²) in [5.74, 6) is -0.568. The van der Waals surface area contributed by atoms with Gasteiger partial charge in [0.25, 0.3) is 0 Å². The van der Waals surface area contributed by atoms with Crippen molar-refractivity contribution >= 4 is 17.6 Å². The summed E-state index contributed by atoms with van der Waals surface area (Å²) in [4.78, 5) is 11.7. The van der Waals surface area contributed by atoms with Crippen LogP contribution in [-0.4, -0.2) is 32.4 Å². The Bertz CT molecular complexity index is 468. The molecule has 0 spiro atoms. The maximum atomic E-state index is 11.7. The van der Waals surface area contributed by atoms with E-state index < -0.39 is 11.5 Å². The molecule has 0 bridgehead atoms. The van der Waals surface area contributed by atoms with E-state index in [1.165, 1.54) is 6.20 Å². The van der Waals surface area contributed by atoms with Crippen molar-refractivity contribution in [3.63, 3.8) is 0 Å². The molecular formula is C12H16ClN3O2. The monoisotopic (exact) mass is 269 g/mol. The molecule has 0 amide bonds. The first-order chi connectivity index (χ1) is 8.60. The van der Waals surface area contributed by atoms with Crippen LogP contribution in [0.5, 0.6) is 0 Å². The average Bonchev–Trinajstić information content (AvgIpc) is 3.19. The quantitative estimate of drug-likeness (QED) is 0.822. The number of halogens is 1. The summed E-state index contributed by atoms with van der Waals surface area (Å²) in [6, 6.07) is 0.354. The van der Waals surface area contributed by atoms with Gasteiger partial charge in [-0.05, 0) is 31.6 Å². The molecule has 1 atom stereocenters. The lowest BCUT2D eigenvalue weighted by atomic mass is 9.93. The highest BCUT2D eigenvalue weighted by atomic mass is 35.5. The Morgan fingerprint density at radius 3 is 2.72 bits per heavy atom. The van der Waals surface area contributed by atoms with Crippen molar-refractivity contribution in [1.29, 1.82) is 0 Å². The van der Waals surface area contributed by atoms with Gasteiger partial charge in [-0.3, -0.25) is 14.8 Å². The third-order valence-electron chi connectivity index (χ3n) is 3.71. The van der Waals surface area contributed by atoms with Crippen molar-refractivity contribution in [3.8, 4) is 0 Å². The zero-order chi connectivity index (χ0) is 12.8. The third kappa shape index (κ3) is 2.24. The van der Waals surface area contributed by atoms with E-state index in [0.717, 1.165) is 25.7 Å². The van der Waals surface area contributed by atoms with Gasteiger partial charge in [0.05, 0.1) is 17.8 Å². The van der Waals surface area contributed by atoms with Crippen molar-refractivity contribution in [1.82, 2.24) is 15.1 Å². The van der Waals surface area contributed by atoms with Crippen molar-refractivity contribution in [3.05, 3.63) is 17.4 Å². The van der Waals surface area contributed by atoms with E-state index in [9.17, 15) is 9.90 Å². The molecule has 18 heavy (non-hydrogen) atoms. The first kappa shape index (κ1) is 12.0. The van der Waals surface area contributed by atoms with E-state index in [-0.39, 0.29) is 5.92 Å². The van der Waals surface area contributed by atoms with E-state index in [1.807, 2.05) is 0 Å². The molecule has 2 saturated carbocycles. The lowest BCUT2D eigenvalue weighted by Gasteiger charge is -2.31. The molecule has 1 aromatic heterocycles. The summed E-state index contributed by atoms with van der Waals surface area (Å²) in [5, 5.41) is 17.6. The Morgan fingerprint density at radius 2 is 2.28 bits per heavy atom. The number of carbonyl (C=O) groups is 1. The number of carboxylic acid groups (broad SMARTS) is 1. The van der Waals surface area contributed by atoms with Crippen LogP contribution < -0.4 is 5.32 Å². The van der Waals surface area contributed by atoms with E-state index >= 15 is 0 Å². The molecule has 98 valence electrons. The predicted molar refractivity (Wildman–Crippen MR) is 66.5 cm³/mol. The summed E-state index contributed by atoms with van der Waals surface area (Å²) >= 11 is 5.83. The fourth-order valence-electron chi connectivity index (χ4n) is 2.44. The van der Waals surface area contributed by atoms with Crippen molar-refractivity contribution in [2.45, 2.75) is 43.8 Å². The standard InChI is InChI=1S/C12H16ClN3O2/c13-9-5-14-16(6-9)7-12(11(17)18,8-1-2-8)15-10-3-4-10/h5-6,8,10,15H,1-4,7H2,(H,17,18).